The van der Waals surface area contributed by atoms with Gasteiger partial charge >= 0.3 is 0 Å². The maximum atomic E-state index is 5.62. The van der Waals surface area contributed by atoms with E-state index >= 15 is 0 Å². The molecule has 0 fully saturated rings. The van der Waals surface area contributed by atoms with Crippen LogP contribution in [0.25, 0.3) is 31.7 Å². The molecule has 0 amide bonds. The molecule has 0 saturated heterocycles. The van der Waals surface area contributed by atoms with Crippen LogP contribution in [-0.4, -0.2) is 13.2 Å². The Morgan fingerprint density at radius 1 is 1.04 bits per heavy atom. The molecule has 0 radical (unpaired) electrons. The summed E-state index contributed by atoms with van der Waals surface area (Å²) in [7, 11) is 1.75. The molecular formula is C24H25NOS2. The van der Waals surface area contributed by atoms with Gasteiger partial charge in [-0.15, -0.1) is 22.7 Å². The number of methoxy groups -OCH3 is 1. The number of benzene rings is 2. The SMILES string of the molecule is CCC(C)NCc1sc(-c2ccc(-c3csc4ccccc34)cc2)cc1OC. The standard InChI is InChI=1S/C24H25NOS2/c1-4-16(2)25-14-24-21(26-3)13-23(28-24)18-11-9-17(10-12-18)20-15-27-22-8-6-5-7-19(20)22/h5-13,15-16,25H,4,14H2,1-3H3. The molecular weight excluding hydrogens is 382 g/mol. The van der Waals surface area contributed by atoms with E-state index in [1.807, 2.05) is 11.3 Å². The van der Waals surface area contributed by atoms with Crippen LogP contribution in [-0.2, 0) is 6.54 Å². The van der Waals surface area contributed by atoms with Crippen LogP contribution >= 0.6 is 22.7 Å². The van der Waals surface area contributed by atoms with Crippen LogP contribution in [0, 0.1) is 0 Å². The number of nitrogens with one attached hydrogen (secondary N) is 1. The van der Waals surface area contributed by atoms with Crippen LogP contribution in [0.3, 0.4) is 0 Å². The van der Waals surface area contributed by atoms with Crippen molar-refractivity contribution < 1.29 is 4.74 Å². The summed E-state index contributed by atoms with van der Waals surface area (Å²) in [5, 5.41) is 7.15. The highest BCUT2D eigenvalue weighted by molar-refractivity contribution is 7.17. The molecule has 0 saturated carbocycles. The molecule has 4 aromatic rings. The van der Waals surface area contributed by atoms with Gasteiger partial charge in [0, 0.05) is 33.1 Å². The van der Waals surface area contributed by atoms with Crippen LogP contribution < -0.4 is 10.1 Å². The van der Waals surface area contributed by atoms with Gasteiger partial charge in [-0.1, -0.05) is 49.4 Å². The normalized spacial score (nSPS) is 12.4. The van der Waals surface area contributed by atoms with Crippen molar-refractivity contribution in [3.05, 3.63) is 64.9 Å². The average Bonchev–Trinajstić information content (AvgIpc) is 3.36. The van der Waals surface area contributed by atoms with E-state index in [1.165, 1.54) is 36.5 Å². The Balaban J connectivity index is 1.59. The summed E-state index contributed by atoms with van der Waals surface area (Å²) in [6, 6.07) is 20.2. The lowest BCUT2D eigenvalue weighted by molar-refractivity contribution is 0.408. The maximum absolute atomic E-state index is 5.62. The number of hydrogen-bond acceptors (Lipinski definition) is 4. The van der Waals surface area contributed by atoms with Crippen molar-refractivity contribution in [1.82, 2.24) is 5.32 Å². The first kappa shape index (κ1) is 19.2. The van der Waals surface area contributed by atoms with E-state index < -0.39 is 0 Å². The third kappa shape index (κ3) is 3.86. The second-order valence-corrected chi connectivity index (χ2v) is 9.06. The van der Waals surface area contributed by atoms with Crippen molar-refractivity contribution in [3.63, 3.8) is 0 Å². The van der Waals surface area contributed by atoms with E-state index in [4.69, 9.17) is 4.74 Å². The lowest BCUT2D eigenvalue weighted by atomic mass is 10.0. The molecule has 0 bridgehead atoms. The molecule has 2 aromatic carbocycles. The van der Waals surface area contributed by atoms with Crippen LogP contribution in [0.5, 0.6) is 5.75 Å². The second kappa shape index (κ2) is 8.48. The Bertz CT molecular complexity index is 1060. The van der Waals surface area contributed by atoms with Gasteiger partial charge in [0.1, 0.15) is 5.75 Å². The Morgan fingerprint density at radius 2 is 1.79 bits per heavy atom. The van der Waals surface area contributed by atoms with Gasteiger partial charge in [-0.25, -0.2) is 0 Å². The summed E-state index contributed by atoms with van der Waals surface area (Å²) in [4.78, 5) is 2.50. The largest absolute Gasteiger partial charge is 0.496 e. The third-order valence-electron chi connectivity index (χ3n) is 5.17. The number of ether oxygens (including phenoxy) is 1. The van der Waals surface area contributed by atoms with E-state index in [1.54, 1.807) is 18.4 Å². The Labute approximate surface area is 174 Å². The van der Waals surface area contributed by atoms with E-state index in [-0.39, 0.29) is 0 Å². The van der Waals surface area contributed by atoms with Crippen molar-refractivity contribution in [1.29, 1.82) is 0 Å². The van der Waals surface area contributed by atoms with Crippen molar-refractivity contribution in [2.24, 2.45) is 0 Å². The number of rotatable bonds is 7. The van der Waals surface area contributed by atoms with Gasteiger partial charge in [-0.2, -0.15) is 0 Å². The minimum absolute atomic E-state index is 0.509. The fraction of sp³-hybridized carbons (Fsp3) is 0.250. The molecule has 1 atom stereocenters. The van der Waals surface area contributed by atoms with E-state index in [0.717, 1.165) is 18.7 Å². The lowest BCUT2D eigenvalue weighted by Crippen LogP contribution is -2.24. The third-order valence-corrected chi connectivity index (χ3v) is 7.30. The zero-order valence-electron chi connectivity index (χ0n) is 16.5. The van der Waals surface area contributed by atoms with Gasteiger partial charge < -0.3 is 10.1 Å². The predicted octanol–water partition coefficient (Wildman–Crippen LogP) is 7.19. The topological polar surface area (TPSA) is 21.3 Å². The fourth-order valence-corrected chi connectivity index (χ4v) is 5.33. The molecule has 4 rings (SSSR count). The Kier molecular flexibility index (Phi) is 5.81. The zero-order chi connectivity index (χ0) is 19.5. The molecule has 1 unspecified atom stereocenters. The van der Waals surface area contributed by atoms with Gasteiger partial charge in [0.2, 0.25) is 0 Å². The Morgan fingerprint density at radius 3 is 2.54 bits per heavy atom. The van der Waals surface area contributed by atoms with Gasteiger partial charge in [0.15, 0.2) is 0 Å². The van der Waals surface area contributed by atoms with Crippen LogP contribution in [0.1, 0.15) is 25.1 Å². The second-order valence-electron chi connectivity index (χ2n) is 7.02. The highest BCUT2D eigenvalue weighted by Gasteiger charge is 2.13. The van der Waals surface area contributed by atoms with Gasteiger partial charge in [-0.3, -0.25) is 0 Å². The summed E-state index contributed by atoms with van der Waals surface area (Å²) in [5.74, 6) is 0.976. The van der Waals surface area contributed by atoms with Crippen molar-refractivity contribution in [3.8, 4) is 27.3 Å². The molecule has 144 valence electrons. The van der Waals surface area contributed by atoms with E-state index in [0.29, 0.717) is 6.04 Å². The fourth-order valence-electron chi connectivity index (χ4n) is 3.28. The van der Waals surface area contributed by atoms with Gasteiger partial charge in [0.25, 0.3) is 0 Å². The molecule has 0 aliphatic heterocycles. The molecule has 4 heteroatoms. The molecule has 2 aromatic heterocycles. The summed E-state index contributed by atoms with van der Waals surface area (Å²) >= 11 is 3.62. The minimum Gasteiger partial charge on any atom is -0.496 e. The van der Waals surface area contributed by atoms with Crippen LogP contribution in [0.4, 0.5) is 0 Å². The van der Waals surface area contributed by atoms with Gasteiger partial charge in [-0.05, 0) is 42.0 Å². The van der Waals surface area contributed by atoms with E-state index in [2.05, 4.69) is 79.1 Å². The zero-order valence-corrected chi connectivity index (χ0v) is 18.1. The number of fused-ring (bicyclic) bond motifs is 1. The average molecular weight is 408 g/mol. The minimum atomic E-state index is 0.509. The predicted molar refractivity (Wildman–Crippen MR) is 124 cm³/mol. The summed E-state index contributed by atoms with van der Waals surface area (Å²) in [5.41, 5.74) is 3.82. The Hall–Kier alpha value is -2.14. The quantitative estimate of drug-likeness (QED) is 0.350. The molecule has 2 heterocycles. The maximum Gasteiger partial charge on any atom is 0.134 e. The van der Waals surface area contributed by atoms with Crippen LogP contribution in [0.2, 0.25) is 0 Å². The number of thiophene rings is 2. The molecule has 1 N–H and O–H groups in total. The first-order chi connectivity index (χ1) is 13.7. The summed E-state index contributed by atoms with van der Waals surface area (Å²) < 4.78 is 6.95. The molecule has 0 spiro atoms. The highest BCUT2D eigenvalue weighted by atomic mass is 32.1. The molecule has 28 heavy (non-hydrogen) atoms. The molecule has 0 aliphatic carbocycles. The molecule has 2 nitrogen and oxygen atoms in total. The summed E-state index contributed by atoms with van der Waals surface area (Å²) in [6.45, 7) is 5.27. The monoisotopic (exact) mass is 407 g/mol. The first-order valence-corrected chi connectivity index (χ1v) is 11.4. The van der Waals surface area contributed by atoms with Crippen molar-refractivity contribution >= 4 is 32.8 Å². The molecule has 0 aliphatic rings. The number of hydrogen-bond donors (Lipinski definition) is 1. The van der Waals surface area contributed by atoms with Crippen LogP contribution in [0.15, 0.2) is 60.0 Å². The summed E-state index contributed by atoms with van der Waals surface area (Å²) in [6.07, 6.45) is 1.12. The van der Waals surface area contributed by atoms with Crippen molar-refractivity contribution in [2.75, 3.05) is 7.11 Å². The lowest BCUT2D eigenvalue weighted by Gasteiger charge is -2.10. The highest BCUT2D eigenvalue weighted by Crippen LogP contribution is 2.38. The van der Waals surface area contributed by atoms with E-state index in [9.17, 15) is 0 Å². The van der Waals surface area contributed by atoms with Crippen molar-refractivity contribution in [2.45, 2.75) is 32.9 Å². The smallest absolute Gasteiger partial charge is 0.134 e. The van der Waals surface area contributed by atoms with Gasteiger partial charge in [0.05, 0.1) is 12.0 Å². The first-order valence-electron chi connectivity index (χ1n) is 9.66.